The summed E-state index contributed by atoms with van der Waals surface area (Å²) in [6.07, 6.45) is 0.468. The summed E-state index contributed by atoms with van der Waals surface area (Å²) in [4.78, 5) is 14.1. The molecule has 0 bridgehead atoms. The standard InChI is InChI=1S/C17H16N2O2/c18-10-5-11-19(15-7-2-1-3-8-15)17(21)13-14-6-4-9-16(20)12-14/h1-4,6-9,12,20H,5,11,13H2. The molecule has 0 heterocycles. The zero-order valence-electron chi connectivity index (χ0n) is 11.6. The fourth-order valence-corrected chi connectivity index (χ4v) is 2.10. The fourth-order valence-electron chi connectivity index (χ4n) is 2.10. The van der Waals surface area contributed by atoms with E-state index in [0.29, 0.717) is 6.54 Å². The van der Waals surface area contributed by atoms with Gasteiger partial charge in [-0.25, -0.2) is 0 Å². The second-order valence-corrected chi connectivity index (χ2v) is 4.64. The molecule has 2 aromatic rings. The average Bonchev–Trinajstić information content (AvgIpc) is 2.49. The van der Waals surface area contributed by atoms with Crippen LogP contribution < -0.4 is 4.90 Å². The minimum atomic E-state index is -0.0953. The highest BCUT2D eigenvalue weighted by Crippen LogP contribution is 2.17. The molecule has 0 spiro atoms. The number of anilines is 1. The Morgan fingerprint density at radius 3 is 2.57 bits per heavy atom. The normalized spacial score (nSPS) is 9.86. The molecule has 1 amide bonds. The third-order valence-electron chi connectivity index (χ3n) is 3.08. The Hall–Kier alpha value is -2.80. The van der Waals surface area contributed by atoms with E-state index in [4.69, 9.17) is 5.26 Å². The second-order valence-electron chi connectivity index (χ2n) is 4.64. The van der Waals surface area contributed by atoms with Crippen LogP contribution in [0.1, 0.15) is 12.0 Å². The van der Waals surface area contributed by atoms with Crippen molar-refractivity contribution in [2.75, 3.05) is 11.4 Å². The number of phenolic OH excluding ortho intramolecular Hbond substituents is 1. The van der Waals surface area contributed by atoms with Crippen LogP contribution in [0.3, 0.4) is 0 Å². The highest BCUT2D eigenvalue weighted by atomic mass is 16.3. The molecule has 0 fully saturated rings. The highest BCUT2D eigenvalue weighted by Gasteiger charge is 2.15. The number of amides is 1. The van der Waals surface area contributed by atoms with Gasteiger partial charge in [0.15, 0.2) is 0 Å². The summed E-state index contributed by atoms with van der Waals surface area (Å²) in [7, 11) is 0. The molecule has 0 saturated heterocycles. The van der Waals surface area contributed by atoms with Gasteiger partial charge >= 0.3 is 0 Å². The number of para-hydroxylation sites is 1. The van der Waals surface area contributed by atoms with Gasteiger partial charge in [0.05, 0.1) is 18.9 Å². The molecule has 0 aliphatic rings. The van der Waals surface area contributed by atoms with E-state index in [1.165, 1.54) is 0 Å². The third-order valence-corrected chi connectivity index (χ3v) is 3.08. The molecular formula is C17H16N2O2. The number of nitriles is 1. The van der Waals surface area contributed by atoms with Crippen molar-refractivity contribution in [1.29, 1.82) is 5.26 Å². The first-order valence-electron chi connectivity index (χ1n) is 6.71. The number of rotatable bonds is 5. The van der Waals surface area contributed by atoms with Gasteiger partial charge in [0, 0.05) is 12.2 Å². The Balaban J connectivity index is 2.17. The predicted molar refractivity (Wildman–Crippen MR) is 80.8 cm³/mol. The van der Waals surface area contributed by atoms with E-state index in [2.05, 4.69) is 6.07 Å². The van der Waals surface area contributed by atoms with Gasteiger partial charge in [-0.05, 0) is 29.8 Å². The minimum absolute atomic E-state index is 0.0953. The molecule has 4 heteroatoms. The van der Waals surface area contributed by atoms with Crippen LogP contribution in [0.25, 0.3) is 0 Å². The largest absolute Gasteiger partial charge is 0.508 e. The predicted octanol–water partition coefficient (Wildman–Crippen LogP) is 2.88. The summed E-state index contributed by atoms with van der Waals surface area (Å²) in [6.45, 7) is 0.359. The maximum Gasteiger partial charge on any atom is 0.231 e. The Labute approximate surface area is 123 Å². The summed E-state index contributed by atoms with van der Waals surface area (Å²) in [6, 6.07) is 18.0. The number of hydrogen-bond donors (Lipinski definition) is 1. The molecule has 0 aliphatic carbocycles. The van der Waals surface area contributed by atoms with E-state index in [9.17, 15) is 9.90 Å². The first kappa shape index (κ1) is 14.6. The van der Waals surface area contributed by atoms with Crippen molar-refractivity contribution in [2.45, 2.75) is 12.8 Å². The average molecular weight is 280 g/mol. The maximum atomic E-state index is 12.5. The van der Waals surface area contributed by atoms with Crippen molar-refractivity contribution in [2.24, 2.45) is 0 Å². The molecule has 106 valence electrons. The molecule has 4 nitrogen and oxygen atoms in total. The molecule has 0 unspecified atom stereocenters. The molecule has 2 rings (SSSR count). The first-order chi connectivity index (χ1) is 10.2. The Morgan fingerprint density at radius 2 is 1.90 bits per heavy atom. The summed E-state index contributed by atoms with van der Waals surface area (Å²) in [5.41, 5.74) is 1.52. The third kappa shape index (κ3) is 4.08. The summed E-state index contributed by atoms with van der Waals surface area (Å²) in [5, 5.41) is 18.2. The molecule has 0 radical (unpaired) electrons. The van der Waals surface area contributed by atoms with Gasteiger partial charge in [0.2, 0.25) is 5.91 Å². The number of nitrogens with zero attached hydrogens (tertiary/aromatic N) is 2. The topological polar surface area (TPSA) is 64.3 Å². The van der Waals surface area contributed by atoms with Crippen molar-refractivity contribution in [3.8, 4) is 11.8 Å². The smallest absolute Gasteiger partial charge is 0.231 e. The fraction of sp³-hybridized carbons (Fsp3) is 0.176. The van der Waals surface area contributed by atoms with Gasteiger partial charge in [0.1, 0.15) is 5.75 Å². The van der Waals surface area contributed by atoms with E-state index < -0.39 is 0 Å². The first-order valence-corrected chi connectivity index (χ1v) is 6.71. The zero-order chi connectivity index (χ0) is 15.1. The molecule has 0 saturated carbocycles. The number of benzene rings is 2. The van der Waals surface area contributed by atoms with E-state index in [1.807, 2.05) is 30.3 Å². The van der Waals surface area contributed by atoms with Crippen LogP contribution in [0, 0.1) is 11.3 Å². The van der Waals surface area contributed by atoms with Crippen LogP contribution in [0.4, 0.5) is 5.69 Å². The van der Waals surface area contributed by atoms with Gasteiger partial charge in [-0.3, -0.25) is 4.79 Å². The van der Waals surface area contributed by atoms with Gasteiger partial charge in [-0.2, -0.15) is 5.26 Å². The lowest BCUT2D eigenvalue weighted by molar-refractivity contribution is -0.118. The summed E-state index contributed by atoms with van der Waals surface area (Å²) < 4.78 is 0. The van der Waals surface area contributed by atoms with Crippen LogP contribution in [-0.2, 0) is 11.2 Å². The van der Waals surface area contributed by atoms with Crippen LogP contribution in [0.15, 0.2) is 54.6 Å². The number of carbonyl (C=O) groups is 1. The lowest BCUT2D eigenvalue weighted by atomic mass is 10.1. The Bertz CT molecular complexity index is 647. The van der Waals surface area contributed by atoms with E-state index in [1.54, 1.807) is 29.2 Å². The van der Waals surface area contributed by atoms with Crippen LogP contribution >= 0.6 is 0 Å². The highest BCUT2D eigenvalue weighted by molar-refractivity contribution is 5.94. The number of hydrogen-bond acceptors (Lipinski definition) is 3. The monoisotopic (exact) mass is 280 g/mol. The Kier molecular flexibility index (Phi) is 4.94. The van der Waals surface area contributed by atoms with Crippen molar-refractivity contribution >= 4 is 11.6 Å². The number of phenols is 1. The number of carbonyl (C=O) groups excluding carboxylic acids is 1. The minimum Gasteiger partial charge on any atom is -0.508 e. The molecule has 0 atom stereocenters. The summed E-state index contributed by atoms with van der Waals surface area (Å²) >= 11 is 0. The van der Waals surface area contributed by atoms with Gasteiger partial charge in [-0.1, -0.05) is 30.3 Å². The quantitative estimate of drug-likeness (QED) is 0.916. The van der Waals surface area contributed by atoms with Crippen LogP contribution in [0.2, 0.25) is 0 Å². The Morgan fingerprint density at radius 1 is 1.14 bits per heavy atom. The van der Waals surface area contributed by atoms with Crippen LogP contribution in [-0.4, -0.2) is 17.6 Å². The van der Waals surface area contributed by atoms with E-state index >= 15 is 0 Å². The maximum absolute atomic E-state index is 12.5. The SMILES string of the molecule is N#CCCN(C(=O)Cc1cccc(O)c1)c1ccccc1. The lowest BCUT2D eigenvalue weighted by Gasteiger charge is -2.22. The van der Waals surface area contributed by atoms with E-state index in [0.717, 1.165) is 11.3 Å². The van der Waals surface area contributed by atoms with Gasteiger partial charge < -0.3 is 10.0 Å². The van der Waals surface area contributed by atoms with Gasteiger partial charge in [0.25, 0.3) is 0 Å². The summed E-state index contributed by atoms with van der Waals surface area (Å²) in [5.74, 6) is 0.0469. The van der Waals surface area contributed by atoms with Gasteiger partial charge in [-0.15, -0.1) is 0 Å². The molecule has 0 aromatic heterocycles. The number of aromatic hydroxyl groups is 1. The van der Waals surface area contributed by atoms with Crippen molar-refractivity contribution < 1.29 is 9.90 Å². The zero-order valence-corrected chi connectivity index (χ0v) is 11.6. The van der Waals surface area contributed by atoms with Crippen LogP contribution in [0.5, 0.6) is 5.75 Å². The second kappa shape index (κ2) is 7.11. The van der Waals surface area contributed by atoms with E-state index in [-0.39, 0.29) is 24.5 Å². The van der Waals surface area contributed by atoms with Crippen molar-refractivity contribution in [3.05, 3.63) is 60.2 Å². The van der Waals surface area contributed by atoms with Crippen molar-refractivity contribution in [3.63, 3.8) is 0 Å². The molecule has 2 aromatic carbocycles. The lowest BCUT2D eigenvalue weighted by Crippen LogP contribution is -2.33. The molecule has 1 N–H and O–H groups in total. The molecule has 21 heavy (non-hydrogen) atoms. The molecule has 0 aliphatic heterocycles. The van der Waals surface area contributed by atoms with Crippen molar-refractivity contribution in [1.82, 2.24) is 0 Å². The molecular weight excluding hydrogens is 264 g/mol.